The average Bonchev–Trinajstić information content (AvgIpc) is 3.09. The molecule has 2 aromatic heterocycles. The molecule has 1 atom stereocenters. The number of nitrogens with one attached hydrogen (secondary N) is 2. The smallest absolute Gasteiger partial charge is 0.227 e. The van der Waals surface area contributed by atoms with Gasteiger partial charge < -0.3 is 25.4 Å². The summed E-state index contributed by atoms with van der Waals surface area (Å²) in [6.45, 7) is 7.21. The molecule has 0 amide bonds. The van der Waals surface area contributed by atoms with Crippen molar-refractivity contribution in [2.45, 2.75) is 39.9 Å². The van der Waals surface area contributed by atoms with Gasteiger partial charge in [0.25, 0.3) is 0 Å². The summed E-state index contributed by atoms with van der Waals surface area (Å²) in [5.74, 6) is 1.47. The minimum Gasteiger partial charge on any atom is -0.508 e. The lowest BCUT2D eigenvalue weighted by molar-refractivity contribution is 0.248. The fraction of sp³-hybridized carbons (Fsp3) is 0.421. The Morgan fingerprint density at radius 2 is 2.04 bits per heavy atom. The third-order valence-corrected chi connectivity index (χ3v) is 5.28. The summed E-state index contributed by atoms with van der Waals surface area (Å²) >= 11 is 2.21. The highest BCUT2D eigenvalue weighted by Crippen LogP contribution is 2.25. The molecule has 1 aromatic carbocycles. The number of nitrogens with zero attached hydrogens (tertiary/aromatic N) is 4. The Labute approximate surface area is 177 Å². The standard InChI is InChI=1S/C19H25IN6O2/c1-4-26-10-22-16-17(21-8-12-7-13(20)5-6-15(12)28)24-19(25-18(16)26)23-14(9-27)11(2)3/h5-7,10-11,14,27-28H,4,8-9H2,1-3H3,(H2,21,23,24,25). The van der Waals surface area contributed by atoms with E-state index in [1.807, 2.05) is 37.5 Å². The summed E-state index contributed by atoms with van der Waals surface area (Å²) < 4.78 is 2.99. The fourth-order valence-electron chi connectivity index (χ4n) is 2.83. The van der Waals surface area contributed by atoms with Crippen molar-refractivity contribution in [2.75, 3.05) is 17.2 Å². The lowest BCUT2D eigenvalue weighted by atomic mass is 10.1. The van der Waals surface area contributed by atoms with Crippen LogP contribution in [-0.4, -0.2) is 42.4 Å². The van der Waals surface area contributed by atoms with Gasteiger partial charge in [-0.05, 0) is 53.6 Å². The summed E-state index contributed by atoms with van der Waals surface area (Å²) in [5, 5.41) is 26.2. The SMILES string of the molecule is CCn1cnc2c(NCc3cc(I)ccc3O)nc(NC(CO)C(C)C)nc21. The molecule has 0 spiro atoms. The summed E-state index contributed by atoms with van der Waals surface area (Å²) in [5.41, 5.74) is 2.16. The van der Waals surface area contributed by atoms with Gasteiger partial charge in [0, 0.05) is 22.2 Å². The van der Waals surface area contributed by atoms with E-state index in [1.165, 1.54) is 0 Å². The molecule has 0 fully saturated rings. The molecule has 3 rings (SSSR count). The van der Waals surface area contributed by atoms with Crippen molar-refractivity contribution >= 4 is 45.5 Å². The Morgan fingerprint density at radius 1 is 1.25 bits per heavy atom. The van der Waals surface area contributed by atoms with Crippen molar-refractivity contribution in [3.05, 3.63) is 33.7 Å². The Bertz CT molecular complexity index is 959. The van der Waals surface area contributed by atoms with Gasteiger partial charge >= 0.3 is 0 Å². The first kappa shape index (κ1) is 20.6. The molecule has 0 saturated heterocycles. The Balaban J connectivity index is 1.95. The van der Waals surface area contributed by atoms with Gasteiger partial charge in [0.2, 0.25) is 5.95 Å². The third-order valence-electron chi connectivity index (χ3n) is 4.61. The number of benzene rings is 1. The van der Waals surface area contributed by atoms with Gasteiger partial charge in [-0.2, -0.15) is 9.97 Å². The van der Waals surface area contributed by atoms with E-state index in [2.05, 4.69) is 48.2 Å². The van der Waals surface area contributed by atoms with Crippen molar-refractivity contribution in [3.8, 4) is 5.75 Å². The van der Waals surface area contributed by atoms with E-state index in [0.717, 1.165) is 21.3 Å². The highest BCUT2D eigenvalue weighted by atomic mass is 127. The minimum atomic E-state index is -0.150. The number of hydrogen-bond donors (Lipinski definition) is 4. The summed E-state index contributed by atoms with van der Waals surface area (Å²) in [7, 11) is 0. The molecule has 0 saturated carbocycles. The van der Waals surface area contributed by atoms with Crippen LogP contribution >= 0.6 is 22.6 Å². The Kier molecular flexibility index (Phi) is 6.55. The maximum atomic E-state index is 10.1. The predicted molar refractivity (Wildman–Crippen MR) is 118 cm³/mol. The number of fused-ring (bicyclic) bond motifs is 1. The number of aliphatic hydroxyl groups excluding tert-OH is 1. The molecule has 150 valence electrons. The number of hydrogen-bond acceptors (Lipinski definition) is 7. The van der Waals surface area contributed by atoms with Crippen molar-refractivity contribution < 1.29 is 10.2 Å². The lowest BCUT2D eigenvalue weighted by Gasteiger charge is -2.20. The number of rotatable bonds is 8. The molecular formula is C19H25IN6O2. The second-order valence-corrected chi connectivity index (χ2v) is 8.15. The number of aliphatic hydroxyl groups is 1. The van der Waals surface area contributed by atoms with E-state index >= 15 is 0 Å². The maximum absolute atomic E-state index is 10.1. The molecule has 0 radical (unpaired) electrons. The zero-order chi connectivity index (χ0) is 20.3. The van der Waals surface area contributed by atoms with E-state index in [1.54, 1.807) is 12.4 Å². The molecular weight excluding hydrogens is 471 g/mol. The Morgan fingerprint density at radius 3 is 2.71 bits per heavy atom. The third kappa shape index (κ3) is 4.46. The second kappa shape index (κ2) is 8.91. The molecule has 0 bridgehead atoms. The van der Waals surface area contributed by atoms with Crippen molar-refractivity contribution in [1.29, 1.82) is 0 Å². The summed E-state index contributed by atoms with van der Waals surface area (Å²) in [4.78, 5) is 13.6. The van der Waals surface area contributed by atoms with E-state index < -0.39 is 0 Å². The normalized spacial score (nSPS) is 12.5. The van der Waals surface area contributed by atoms with Crippen molar-refractivity contribution in [3.63, 3.8) is 0 Å². The minimum absolute atomic E-state index is 0.00874. The monoisotopic (exact) mass is 496 g/mol. The van der Waals surface area contributed by atoms with Gasteiger partial charge in [0.1, 0.15) is 5.75 Å². The van der Waals surface area contributed by atoms with Crippen LogP contribution in [0, 0.1) is 9.49 Å². The Hall–Kier alpha value is -2.14. The largest absolute Gasteiger partial charge is 0.508 e. The van der Waals surface area contributed by atoms with Gasteiger partial charge in [0.05, 0.1) is 19.0 Å². The number of anilines is 2. The van der Waals surface area contributed by atoms with Gasteiger partial charge in [-0.3, -0.25) is 0 Å². The molecule has 4 N–H and O–H groups in total. The fourth-order valence-corrected chi connectivity index (χ4v) is 3.38. The van der Waals surface area contributed by atoms with Crippen LogP contribution in [-0.2, 0) is 13.1 Å². The van der Waals surface area contributed by atoms with Gasteiger partial charge in [0.15, 0.2) is 17.0 Å². The highest BCUT2D eigenvalue weighted by molar-refractivity contribution is 14.1. The molecule has 2 heterocycles. The first-order valence-corrected chi connectivity index (χ1v) is 10.3. The van der Waals surface area contributed by atoms with Crippen LogP contribution in [0.3, 0.4) is 0 Å². The number of aromatic hydroxyl groups is 1. The van der Waals surface area contributed by atoms with Crippen LogP contribution in [0.5, 0.6) is 5.75 Å². The maximum Gasteiger partial charge on any atom is 0.227 e. The van der Waals surface area contributed by atoms with E-state index in [9.17, 15) is 10.2 Å². The van der Waals surface area contributed by atoms with E-state index in [0.29, 0.717) is 23.8 Å². The molecule has 0 aliphatic heterocycles. The second-order valence-electron chi connectivity index (χ2n) is 6.90. The number of phenolic OH excluding ortho intramolecular Hbond substituents is 1. The van der Waals surface area contributed by atoms with E-state index in [-0.39, 0.29) is 24.3 Å². The first-order chi connectivity index (χ1) is 13.4. The predicted octanol–water partition coefficient (Wildman–Crippen LogP) is 3.20. The van der Waals surface area contributed by atoms with Gasteiger partial charge in [-0.1, -0.05) is 13.8 Å². The zero-order valence-corrected chi connectivity index (χ0v) is 18.3. The van der Waals surface area contributed by atoms with Crippen LogP contribution in [0.1, 0.15) is 26.3 Å². The van der Waals surface area contributed by atoms with Crippen molar-refractivity contribution in [1.82, 2.24) is 19.5 Å². The van der Waals surface area contributed by atoms with Crippen LogP contribution in [0.25, 0.3) is 11.2 Å². The molecule has 0 aliphatic carbocycles. The number of aromatic nitrogens is 4. The van der Waals surface area contributed by atoms with Gasteiger partial charge in [-0.25, -0.2) is 4.98 Å². The summed E-state index contributed by atoms with van der Waals surface area (Å²) in [6.07, 6.45) is 1.74. The molecule has 28 heavy (non-hydrogen) atoms. The molecule has 3 aromatic rings. The van der Waals surface area contributed by atoms with Crippen LogP contribution in [0.15, 0.2) is 24.5 Å². The quantitative estimate of drug-likeness (QED) is 0.355. The first-order valence-electron chi connectivity index (χ1n) is 9.24. The van der Waals surface area contributed by atoms with E-state index in [4.69, 9.17) is 0 Å². The number of imidazole rings is 1. The molecule has 1 unspecified atom stereocenters. The number of halogens is 1. The lowest BCUT2D eigenvalue weighted by Crippen LogP contribution is -2.30. The van der Waals surface area contributed by atoms with Crippen LogP contribution in [0.2, 0.25) is 0 Å². The zero-order valence-electron chi connectivity index (χ0n) is 16.1. The molecule has 9 heteroatoms. The van der Waals surface area contributed by atoms with Crippen LogP contribution in [0.4, 0.5) is 11.8 Å². The average molecular weight is 496 g/mol. The molecule has 0 aliphatic rings. The van der Waals surface area contributed by atoms with Crippen molar-refractivity contribution in [2.24, 2.45) is 5.92 Å². The van der Waals surface area contributed by atoms with Crippen LogP contribution < -0.4 is 10.6 Å². The van der Waals surface area contributed by atoms with Gasteiger partial charge in [-0.15, -0.1) is 0 Å². The topological polar surface area (TPSA) is 108 Å². The highest BCUT2D eigenvalue weighted by Gasteiger charge is 2.17. The number of phenols is 1. The molecule has 8 nitrogen and oxygen atoms in total. The summed E-state index contributed by atoms with van der Waals surface area (Å²) in [6, 6.07) is 5.31. The number of aryl methyl sites for hydroxylation is 1.